The predicted octanol–water partition coefficient (Wildman–Crippen LogP) is 1.50. The first-order valence-corrected chi connectivity index (χ1v) is 5.77. The Morgan fingerprint density at radius 1 is 1.56 bits per heavy atom. The van der Waals surface area contributed by atoms with E-state index in [1.54, 1.807) is 6.07 Å². The Bertz CT molecular complexity index is 419. The molecule has 1 aliphatic heterocycles. The van der Waals surface area contributed by atoms with Gasteiger partial charge in [0.25, 0.3) is 5.69 Å². The Morgan fingerprint density at radius 3 is 2.81 bits per heavy atom. The highest BCUT2D eigenvalue weighted by atomic mass is 79.9. The highest BCUT2D eigenvalue weighted by Crippen LogP contribution is 2.29. The molecule has 2 N–H and O–H groups in total. The van der Waals surface area contributed by atoms with Gasteiger partial charge in [0.05, 0.1) is 9.40 Å². The normalized spacial score (nSPS) is 17.1. The summed E-state index contributed by atoms with van der Waals surface area (Å²) in [4.78, 5) is 12.5. The molecular weight excluding hydrogens is 274 g/mol. The molecule has 16 heavy (non-hydrogen) atoms. The molecule has 1 aromatic rings. The van der Waals surface area contributed by atoms with Crippen LogP contribution in [0, 0.1) is 10.1 Å². The number of nitro groups is 1. The molecule has 0 atom stereocenters. The second kappa shape index (κ2) is 4.48. The third-order valence-electron chi connectivity index (χ3n) is 2.63. The van der Waals surface area contributed by atoms with Crippen LogP contribution in [0.15, 0.2) is 22.7 Å². The van der Waals surface area contributed by atoms with Crippen molar-refractivity contribution in [3.05, 3.63) is 38.3 Å². The van der Waals surface area contributed by atoms with Crippen LogP contribution in [0.1, 0.15) is 5.56 Å². The number of hydrogen-bond donors (Lipinski definition) is 1. The summed E-state index contributed by atoms with van der Waals surface area (Å²) in [5, 5.41) is 10.7. The molecule has 6 heteroatoms. The van der Waals surface area contributed by atoms with Gasteiger partial charge in [-0.05, 0) is 21.5 Å². The molecule has 0 aromatic heterocycles. The lowest BCUT2D eigenvalue weighted by atomic mass is 10.1. The molecule has 5 nitrogen and oxygen atoms in total. The van der Waals surface area contributed by atoms with Crippen LogP contribution in [0.4, 0.5) is 5.69 Å². The molecule has 1 heterocycles. The minimum absolute atomic E-state index is 0.113. The summed E-state index contributed by atoms with van der Waals surface area (Å²) in [6, 6.07) is 5.34. The molecule has 2 rings (SSSR count). The van der Waals surface area contributed by atoms with Gasteiger partial charge in [0, 0.05) is 31.7 Å². The zero-order chi connectivity index (χ0) is 11.7. The molecule has 0 amide bonds. The molecule has 0 aliphatic carbocycles. The molecule has 86 valence electrons. The number of nitro benzene ring substituents is 1. The predicted molar refractivity (Wildman–Crippen MR) is 64.0 cm³/mol. The minimum atomic E-state index is -0.380. The van der Waals surface area contributed by atoms with E-state index in [0.717, 1.165) is 18.7 Å². The summed E-state index contributed by atoms with van der Waals surface area (Å²) in [5.74, 6) is 0. The Morgan fingerprint density at radius 2 is 2.25 bits per heavy atom. The van der Waals surface area contributed by atoms with Crippen LogP contribution in [0.3, 0.4) is 0 Å². The third-order valence-corrected chi connectivity index (χ3v) is 3.55. The van der Waals surface area contributed by atoms with Gasteiger partial charge in [-0.3, -0.25) is 15.0 Å². The van der Waals surface area contributed by atoms with Gasteiger partial charge in [0.2, 0.25) is 0 Å². The van der Waals surface area contributed by atoms with Gasteiger partial charge in [0.15, 0.2) is 0 Å². The first kappa shape index (κ1) is 11.5. The number of nitrogens with zero attached hydrogens (tertiary/aromatic N) is 2. The van der Waals surface area contributed by atoms with Crippen molar-refractivity contribution in [1.82, 2.24) is 4.90 Å². The summed E-state index contributed by atoms with van der Waals surface area (Å²) in [6.45, 7) is 2.42. The Kier molecular flexibility index (Phi) is 3.22. The summed E-state index contributed by atoms with van der Waals surface area (Å²) >= 11 is 3.28. The first-order chi connectivity index (χ1) is 7.58. The molecule has 1 aliphatic rings. The van der Waals surface area contributed by atoms with Gasteiger partial charge in [0.1, 0.15) is 0 Å². The number of rotatable bonds is 3. The second-order valence-corrected chi connectivity index (χ2v) is 4.75. The van der Waals surface area contributed by atoms with Crippen molar-refractivity contribution in [1.29, 1.82) is 0 Å². The van der Waals surface area contributed by atoms with E-state index in [-0.39, 0.29) is 16.7 Å². The van der Waals surface area contributed by atoms with Crippen LogP contribution in [0.2, 0.25) is 0 Å². The lowest BCUT2D eigenvalue weighted by molar-refractivity contribution is -0.385. The topological polar surface area (TPSA) is 72.4 Å². The van der Waals surface area contributed by atoms with Crippen LogP contribution in [0.25, 0.3) is 0 Å². The quantitative estimate of drug-likeness (QED) is 0.675. The van der Waals surface area contributed by atoms with Crippen molar-refractivity contribution in [3.8, 4) is 0 Å². The highest BCUT2D eigenvalue weighted by molar-refractivity contribution is 9.10. The fraction of sp³-hybridized carbons (Fsp3) is 0.400. The number of benzene rings is 1. The Hall–Kier alpha value is -0.980. The van der Waals surface area contributed by atoms with E-state index in [1.807, 2.05) is 6.07 Å². The molecular formula is C10H12BrN3O2. The summed E-state index contributed by atoms with van der Waals surface area (Å²) in [7, 11) is 0. The largest absolute Gasteiger partial charge is 0.325 e. The summed E-state index contributed by atoms with van der Waals surface area (Å²) in [6.07, 6.45) is 0. The number of nitrogens with two attached hydrogens (primary N) is 1. The molecule has 1 aromatic carbocycles. The fourth-order valence-electron chi connectivity index (χ4n) is 1.81. The van der Waals surface area contributed by atoms with E-state index in [4.69, 9.17) is 5.73 Å². The standard InChI is InChI=1S/C10H12BrN3O2/c11-10-7(4-13-5-8(12)6-13)2-1-3-9(10)14(15)16/h1-3,8H,4-6,12H2. The van der Waals surface area contributed by atoms with E-state index in [1.165, 1.54) is 6.07 Å². The monoisotopic (exact) mass is 285 g/mol. The van der Waals surface area contributed by atoms with Crippen molar-refractivity contribution in [2.45, 2.75) is 12.6 Å². The van der Waals surface area contributed by atoms with Crippen LogP contribution < -0.4 is 5.73 Å². The minimum Gasteiger partial charge on any atom is -0.325 e. The first-order valence-electron chi connectivity index (χ1n) is 4.97. The Labute approximate surface area is 102 Å². The summed E-state index contributed by atoms with van der Waals surface area (Å²) in [5.41, 5.74) is 6.72. The van der Waals surface area contributed by atoms with Gasteiger partial charge in [-0.2, -0.15) is 0 Å². The molecule has 0 saturated carbocycles. The van der Waals surface area contributed by atoms with Gasteiger partial charge in [-0.15, -0.1) is 0 Å². The lowest BCUT2D eigenvalue weighted by Gasteiger charge is -2.36. The Balaban J connectivity index is 2.15. The fourth-order valence-corrected chi connectivity index (χ4v) is 2.34. The molecule has 0 bridgehead atoms. The van der Waals surface area contributed by atoms with Crippen molar-refractivity contribution in [2.75, 3.05) is 13.1 Å². The maximum absolute atomic E-state index is 10.7. The van der Waals surface area contributed by atoms with Crippen molar-refractivity contribution in [3.63, 3.8) is 0 Å². The average molecular weight is 286 g/mol. The molecule has 1 saturated heterocycles. The van der Waals surface area contributed by atoms with Gasteiger partial charge in [-0.25, -0.2) is 0 Å². The maximum Gasteiger partial charge on any atom is 0.283 e. The molecule has 0 radical (unpaired) electrons. The highest BCUT2D eigenvalue weighted by Gasteiger charge is 2.24. The number of likely N-dealkylation sites (tertiary alicyclic amines) is 1. The SMILES string of the molecule is NC1CN(Cc2cccc([N+](=O)[O-])c2Br)C1. The van der Waals surface area contributed by atoms with Gasteiger partial charge in [-0.1, -0.05) is 12.1 Å². The molecule has 0 spiro atoms. The van der Waals surface area contributed by atoms with Crippen LogP contribution >= 0.6 is 15.9 Å². The van der Waals surface area contributed by atoms with Gasteiger partial charge < -0.3 is 5.73 Å². The lowest BCUT2D eigenvalue weighted by Crippen LogP contribution is -2.54. The number of halogens is 1. The van der Waals surface area contributed by atoms with Crippen molar-refractivity contribution >= 4 is 21.6 Å². The van der Waals surface area contributed by atoms with Crippen LogP contribution in [-0.2, 0) is 6.54 Å². The number of hydrogen-bond acceptors (Lipinski definition) is 4. The maximum atomic E-state index is 10.7. The van der Waals surface area contributed by atoms with E-state index in [0.29, 0.717) is 11.0 Å². The van der Waals surface area contributed by atoms with E-state index < -0.39 is 0 Å². The van der Waals surface area contributed by atoms with Crippen molar-refractivity contribution < 1.29 is 4.92 Å². The van der Waals surface area contributed by atoms with E-state index in [9.17, 15) is 10.1 Å². The van der Waals surface area contributed by atoms with Crippen molar-refractivity contribution in [2.24, 2.45) is 5.73 Å². The second-order valence-electron chi connectivity index (χ2n) is 3.96. The summed E-state index contributed by atoms with van der Waals surface area (Å²) < 4.78 is 0.570. The van der Waals surface area contributed by atoms with Crippen LogP contribution in [0.5, 0.6) is 0 Å². The van der Waals surface area contributed by atoms with E-state index >= 15 is 0 Å². The van der Waals surface area contributed by atoms with Gasteiger partial charge >= 0.3 is 0 Å². The van der Waals surface area contributed by atoms with E-state index in [2.05, 4.69) is 20.8 Å². The zero-order valence-electron chi connectivity index (χ0n) is 8.60. The molecule has 0 unspecified atom stereocenters. The average Bonchev–Trinajstić information content (AvgIpc) is 2.18. The smallest absolute Gasteiger partial charge is 0.283 e. The third kappa shape index (κ3) is 2.23. The zero-order valence-corrected chi connectivity index (χ0v) is 10.2. The van der Waals surface area contributed by atoms with Crippen LogP contribution in [-0.4, -0.2) is 29.0 Å². The molecule has 1 fully saturated rings.